The van der Waals surface area contributed by atoms with Gasteiger partial charge in [-0.2, -0.15) is 0 Å². The van der Waals surface area contributed by atoms with E-state index in [0.29, 0.717) is 21.6 Å². The van der Waals surface area contributed by atoms with Gasteiger partial charge in [-0.05, 0) is 29.8 Å². The largest absolute Gasteiger partial charge is 0.495 e. The lowest BCUT2D eigenvalue weighted by Crippen LogP contribution is -2.38. The molecule has 0 unspecified atom stereocenters. The zero-order chi connectivity index (χ0) is 17.1. The highest BCUT2D eigenvalue weighted by atomic mass is 35.5. The topological polar surface area (TPSA) is 33.7 Å². The number of fused-ring (bicyclic) bond motifs is 1. The minimum atomic E-state index is 0.498. The third kappa shape index (κ3) is 3.42. The SMILES string of the molecule is COc1cc(NC(=S)N2CCc3ccccc3C2)c(OC)cc1Cl. The molecule has 1 aliphatic rings. The summed E-state index contributed by atoms with van der Waals surface area (Å²) in [6, 6.07) is 12.0. The number of thiocarbonyl (C=S) groups is 1. The molecule has 1 N–H and O–H groups in total. The van der Waals surface area contributed by atoms with Crippen LogP contribution in [0.25, 0.3) is 0 Å². The molecule has 6 heteroatoms. The molecule has 0 radical (unpaired) electrons. The second-order valence-electron chi connectivity index (χ2n) is 5.56. The fourth-order valence-corrected chi connectivity index (χ4v) is 3.32. The Labute approximate surface area is 152 Å². The lowest BCUT2D eigenvalue weighted by Gasteiger charge is -2.31. The first-order chi connectivity index (χ1) is 11.6. The Morgan fingerprint density at radius 1 is 1.12 bits per heavy atom. The molecule has 4 nitrogen and oxygen atoms in total. The monoisotopic (exact) mass is 362 g/mol. The zero-order valence-corrected chi connectivity index (χ0v) is 15.2. The van der Waals surface area contributed by atoms with Crippen LogP contribution in [0.15, 0.2) is 36.4 Å². The van der Waals surface area contributed by atoms with Crippen LogP contribution in [0.1, 0.15) is 11.1 Å². The van der Waals surface area contributed by atoms with E-state index in [9.17, 15) is 0 Å². The predicted molar refractivity (Wildman–Crippen MR) is 101 cm³/mol. The van der Waals surface area contributed by atoms with Crippen molar-refractivity contribution in [2.24, 2.45) is 0 Å². The van der Waals surface area contributed by atoms with Gasteiger partial charge in [0.05, 0.1) is 24.9 Å². The molecule has 0 saturated carbocycles. The summed E-state index contributed by atoms with van der Waals surface area (Å²) >= 11 is 11.7. The van der Waals surface area contributed by atoms with Gasteiger partial charge in [0.25, 0.3) is 0 Å². The van der Waals surface area contributed by atoms with Gasteiger partial charge in [0.1, 0.15) is 11.5 Å². The van der Waals surface area contributed by atoms with Crippen molar-refractivity contribution in [3.8, 4) is 11.5 Å². The van der Waals surface area contributed by atoms with E-state index in [-0.39, 0.29) is 0 Å². The van der Waals surface area contributed by atoms with Crippen LogP contribution in [-0.2, 0) is 13.0 Å². The van der Waals surface area contributed by atoms with Gasteiger partial charge in [-0.1, -0.05) is 35.9 Å². The van der Waals surface area contributed by atoms with Crippen molar-refractivity contribution in [1.82, 2.24) is 4.90 Å². The molecule has 3 rings (SSSR count). The molecule has 0 saturated heterocycles. The van der Waals surface area contributed by atoms with Crippen molar-refractivity contribution in [3.05, 3.63) is 52.5 Å². The molecule has 0 fully saturated rings. The van der Waals surface area contributed by atoms with E-state index in [1.54, 1.807) is 26.4 Å². The van der Waals surface area contributed by atoms with Crippen LogP contribution >= 0.6 is 23.8 Å². The fraction of sp³-hybridized carbons (Fsp3) is 0.278. The van der Waals surface area contributed by atoms with Crippen molar-refractivity contribution in [3.63, 3.8) is 0 Å². The number of rotatable bonds is 3. The summed E-state index contributed by atoms with van der Waals surface area (Å²) in [5.41, 5.74) is 3.44. The number of ether oxygens (including phenoxy) is 2. The van der Waals surface area contributed by atoms with Gasteiger partial charge in [-0.3, -0.25) is 0 Å². The second kappa shape index (κ2) is 7.28. The van der Waals surface area contributed by atoms with Crippen molar-refractivity contribution in [2.45, 2.75) is 13.0 Å². The molecule has 0 aliphatic carbocycles. The molecule has 126 valence electrons. The van der Waals surface area contributed by atoms with E-state index < -0.39 is 0 Å². The highest BCUT2D eigenvalue weighted by Crippen LogP contribution is 2.36. The molecule has 2 aromatic rings. The molecule has 0 amide bonds. The lowest BCUT2D eigenvalue weighted by molar-refractivity contribution is 0.397. The molecule has 1 aliphatic heterocycles. The smallest absolute Gasteiger partial charge is 0.173 e. The number of methoxy groups -OCH3 is 2. The average molecular weight is 363 g/mol. The van der Waals surface area contributed by atoms with E-state index in [1.807, 2.05) is 0 Å². The first-order valence-electron chi connectivity index (χ1n) is 7.66. The molecule has 24 heavy (non-hydrogen) atoms. The normalized spacial score (nSPS) is 13.2. The standard InChI is InChI=1S/C18H19ClN2O2S/c1-22-16-10-15(17(23-2)9-14(16)19)20-18(24)21-8-7-12-5-3-4-6-13(12)11-21/h3-6,9-10H,7-8,11H2,1-2H3,(H,20,24). The van der Waals surface area contributed by atoms with E-state index in [1.165, 1.54) is 11.1 Å². The van der Waals surface area contributed by atoms with Crippen LogP contribution < -0.4 is 14.8 Å². The summed E-state index contributed by atoms with van der Waals surface area (Å²) in [5, 5.41) is 4.41. The maximum absolute atomic E-state index is 6.15. The molecule has 0 aromatic heterocycles. The van der Waals surface area contributed by atoms with Gasteiger partial charge in [-0.25, -0.2) is 0 Å². The van der Waals surface area contributed by atoms with Crippen LogP contribution in [0.3, 0.4) is 0 Å². The summed E-state index contributed by atoms with van der Waals surface area (Å²) in [6.45, 7) is 1.69. The second-order valence-corrected chi connectivity index (χ2v) is 6.35. The third-order valence-corrected chi connectivity index (χ3v) is 4.79. The Bertz CT molecular complexity index is 767. The predicted octanol–water partition coefficient (Wildman–Crippen LogP) is 4.11. The highest BCUT2D eigenvalue weighted by Gasteiger charge is 2.19. The van der Waals surface area contributed by atoms with Crippen LogP contribution in [0.4, 0.5) is 5.69 Å². The molecule has 1 heterocycles. The van der Waals surface area contributed by atoms with Gasteiger partial charge < -0.3 is 19.7 Å². The Morgan fingerprint density at radius 2 is 1.83 bits per heavy atom. The van der Waals surface area contributed by atoms with Crippen LogP contribution in [0.2, 0.25) is 5.02 Å². The van der Waals surface area contributed by atoms with Crippen LogP contribution in [0.5, 0.6) is 11.5 Å². The number of hydrogen-bond donors (Lipinski definition) is 1. The summed E-state index contributed by atoms with van der Waals surface area (Å²) in [6.07, 6.45) is 0.985. The van der Waals surface area contributed by atoms with Crippen molar-refractivity contribution in [1.29, 1.82) is 0 Å². The Morgan fingerprint density at radius 3 is 2.54 bits per heavy atom. The summed E-state index contributed by atoms with van der Waals surface area (Å²) in [4.78, 5) is 2.15. The van der Waals surface area contributed by atoms with E-state index >= 15 is 0 Å². The number of benzene rings is 2. The van der Waals surface area contributed by atoms with Crippen LogP contribution in [0, 0.1) is 0 Å². The van der Waals surface area contributed by atoms with Gasteiger partial charge in [0.2, 0.25) is 0 Å². The maximum atomic E-state index is 6.15. The van der Waals surface area contributed by atoms with Crippen molar-refractivity contribution in [2.75, 3.05) is 26.1 Å². The number of hydrogen-bond acceptors (Lipinski definition) is 3. The average Bonchev–Trinajstić information content (AvgIpc) is 2.62. The third-order valence-electron chi connectivity index (χ3n) is 4.13. The van der Waals surface area contributed by atoms with Crippen molar-refractivity contribution < 1.29 is 9.47 Å². The van der Waals surface area contributed by atoms with E-state index in [4.69, 9.17) is 33.3 Å². The summed E-state index contributed by atoms with van der Waals surface area (Å²) < 4.78 is 10.7. The molecule has 0 bridgehead atoms. The van der Waals surface area contributed by atoms with E-state index in [2.05, 4.69) is 34.5 Å². The fourth-order valence-electron chi connectivity index (χ4n) is 2.82. The van der Waals surface area contributed by atoms with Gasteiger partial charge in [0.15, 0.2) is 5.11 Å². The number of anilines is 1. The molecule has 0 atom stereocenters. The minimum absolute atomic E-state index is 0.498. The molecule has 0 spiro atoms. The quantitative estimate of drug-likeness (QED) is 0.831. The lowest BCUT2D eigenvalue weighted by atomic mass is 10.0. The van der Waals surface area contributed by atoms with E-state index in [0.717, 1.165) is 25.2 Å². The Hall–Kier alpha value is -1.98. The minimum Gasteiger partial charge on any atom is -0.495 e. The highest BCUT2D eigenvalue weighted by molar-refractivity contribution is 7.80. The van der Waals surface area contributed by atoms with Crippen molar-refractivity contribution >= 4 is 34.6 Å². The van der Waals surface area contributed by atoms with Gasteiger partial charge in [-0.15, -0.1) is 0 Å². The van der Waals surface area contributed by atoms with Gasteiger partial charge in [0, 0.05) is 25.2 Å². The molecular weight excluding hydrogens is 344 g/mol. The number of nitrogens with one attached hydrogen (secondary N) is 1. The summed E-state index contributed by atoms with van der Waals surface area (Å²) in [5.74, 6) is 1.20. The Balaban J connectivity index is 1.78. The molecule has 2 aromatic carbocycles. The zero-order valence-electron chi connectivity index (χ0n) is 13.6. The first kappa shape index (κ1) is 16.9. The number of nitrogens with zero attached hydrogens (tertiary/aromatic N) is 1. The summed E-state index contributed by atoms with van der Waals surface area (Å²) in [7, 11) is 3.18. The maximum Gasteiger partial charge on any atom is 0.173 e. The Kier molecular flexibility index (Phi) is 5.11. The van der Waals surface area contributed by atoms with Crippen LogP contribution in [-0.4, -0.2) is 30.8 Å². The first-order valence-corrected chi connectivity index (χ1v) is 8.45. The number of halogens is 1. The molecular formula is C18H19ClN2O2S. The van der Waals surface area contributed by atoms with Gasteiger partial charge >= 0.3 is 0 Å².